The Balaban J connectivity index is 1.53. The lowest BCUT2D eigenvalue weighted by Gasteiger charge is -2.32. The monoisotopic (exact) mass is 418 g/mol. The third kappa shape index (κ3) is 6.16. The SMILES string of the molecule is Cc1cc(C[C@H](NC(=O)[C@@H]2CCCN(C(=O)/C=C/C3CCNCC3)C2)C(=O)O)on1. The van der Waals surface area contributed by atoms with Gasteiger partial charge in [0.1, 0.15) is 11.8 Å². The van der Waals surface area contributed by atoms with Crippen LogP contribution in [0.4, 0.5) is 0 Å². The summed E-state index contributed by atoms with van der Waals surface area (Å²) in [6, 6.07) is 0.549. The number of nitrogens with zero attached hydrogens (tertiary/aromatic N) is 2. The molecule has 2 aliphatic rings. The molecule has 0 saturated carbocycles. The van der Waals surface area contributed by atoms with Gasteiger partial charge in [0.15, 0.2) is 0 Å². The zero-order valence-electron chi connectivity index (χ0n) is 17.3. The predicted octanol–water partition coefficient (Wildman–Crippen LogP) is 0.889. The average Bonchev–Trinajstić information content (AvgIpc) is 3.17. The first kappa shape index (κ1) is 22.0. The molecule has 3 rings (SSSR count). The second-order valence-corrected chi connectivity index (χ2v) is 8.11. The number of nitrogens with one attached hydrogen (secondary N) is 2. The van der Waals surface area contributed by atoms with Crippen molar-refractivity contribution in [3.8, 4) is 0 Å². The van der Waals surface area contributed by atoms with Gasteiger partial charge in [-0.05, 0) is 57.7 Å². The van der Waals surface area contributed by atoms with Gasteiger partial charge in [0.25, 0.3) is 0 Å². The number of hydrogen-bond donors (Lipinski definition) is 3. The Bertz CT molecular complexity index is 784. The maximum Gasteiger partial charge on any atom is 0.326 e. The van der Waals surface area contributed by atoms with Gasteiger partial charge in [-0.1, -0.05) is 11.2 Å². The second kappa shape index (κ2) is 10.4. The number of rotatable bonds is 7. The molecule has 2 atom stereocenters. The van der Waals surface area contributed by atoms with Crippen molar-refractivity contribution >= 4 is 17.8 Å². The number of piperidine rings is 2. The van der Waals surface area contributed by atoms with Crippen molar-refractivity contribution in [2.24, 2.45) is 11.8 Å². The summed E-state index contributed by atoms with van der Waals surface area (Å²) in [4.78, 5) is 38.5. The number of carboxylic acids is 1. The van der Waals surface area contributed by atoms with E-state index in [1.54, 1.807) is 24.0 Å². The lowest BCUT2D eigenvalue weighted by atomic mass is 9.95. The lowest BCUT2D eigenvalue weighted by molar-refractivity contribution is -0.143. The van der Waals surface area contributed by atoms with Crippen molar-refractivity contribution < 1.29 is 24.0 Å². The van der Waals surface area contributed by atoms with Gasteiger partial charge in [-0.2, -0.15) is 0 Å². The van der Waals surface area contributed by atoms with Gasteiger partial charge >= 0.3 is 5.97 Å². The van der Waals surface area contributed by atoms with Crippen LogP contribution >= 0.6 is 0 Å². The number of amides is 2. The normalized spacial score (nSPS) is 21.5. The van der Waals surface area contributed by atoms with Crippen molar-refractivity contribution in [2.45, 2.75) is 45.1 Å². The van der Waals surface area contributed by atoms with Gasteiger partial charge < -0.3 is 25.2 Å². The van der Waals surface area contributed by atoms with Crippen LogP contribution in [0.15, 0.2) is 22.7 Å². The summed E-state index contributed by atoms with van der Waals surface area (Å²) in [7, 11) is 0. The molecule has 0 unspecified atom stereocenters. The summed E-state index contributed by atoms with van der Waals surface area (Å²) >= 11 is 0. The predicted molar refractivity (Wildman–Crippen MR) is 109 cm³/mol. The van der Waals surface area contributed by atoms with E-state index in [0.717, 1.165) is 25.9 Å². The number of hydrogen-bond acceptors (Lipinski definition) is 6. The van der Waals surface area contributed by atoms with Crippen LogP contribution < -0.4 is 10.6 Å². The van der Waals surface area contributed by atoms with Crippen molar-refractivity contribution in [1.82, 2.24) is 20.7 Å². The van der Waals surface area contributed by atoms with Gasteiger partial charge in [0.2, 0.25) is 11.8 Å². The molecule has 3 heterocycles. The molecule has 0 aliphatic carbocycles. The minimum Gasteiger partial charge on any atom is -0.480 e. The van der Waals surface area contributed by atoms with Crippen LogP contribution in [-0.2, 0) is 20.8 Å². The number of aliphatic carboxylic acids is 1. The fraction of sp³-hybridized carbons (Fsp3) is 0.619. The molecule has 3 N–H and O–H groups in total. The molecule has 0 aromatic carbocycles. The number of carboxylic acid groups (broad SMARTS) is 1. The molecule has 1 aromatic rings. The number of aryl methyl sites for hydroxylation is 1. The largest absolute Gasteiger partial charge is 0.480 e. The Kier molecular flexibility index (Phi) is 7.62. The summed E-state index contributed by atoms with van der Waals surface area (Å²) in [5.41, 5.74) is 0.652. The van der Waals surface area contributed by atoms with Crippen LogP contribution in [0.25, 0.3) is 0 Å². The van der Waals surface area contributed by atoms with E-state index in [9.17, 15) is 19.5 Å². The first-order valence-electron chi connectivity index (χ1n) is 10.6. The van der Waals surface area contributed by atoms with Crippen LogP contribution in [0.1, 0.15) is 37.1 Å². The first-order chi connectivity index (χ1) is 14.4. The molecule has 30 heavy (non-hydrogen) atoms. The topological polar surface area (TPSA) is 125 Å². The molecular weight excluding hydrogens is 388 g/mol. The van der Waals surface area contributed by atoms with E-state index in [1.807, 2.05) is 6.08 Å². The summed E-state index contributed by atoms with van der Waals surface area (Å²) < 4.78 is 5.07. The minimum absolute atomic E-state index is 0.0241. The average molecular weight is 418 g/mol. The van der Waals surface area contributed by atoms with Gasteiger partial charge in [0, 0.05) is 25.6 Å². The standard InChI is InChI=1S/C21H30N4O5/c1-14-11-17(30-24-14)12-18(21(28)29)23-20(27)16-3-2-10-25(13-16)19(26)5-4-15-6-8-22-9-7-15/h4-5,11,15-16,18,22H,2-3,6-10,12-13H2,1H3,(H,23,27)(H,28,29)/b5-4+/t16-,18+/m1/s1. The highest BCUT2D eigenvalue weighted by Gasteiger charge is 2.31. The highest BCUT2D eigenvalue weighted by atomic mass is 16.5. The maximum absolute atomic E-state index is 12.7. The summed E-state index contributed by atoms with van der Waals surface area (Å²) in [6.07, 6.45) is 7.02. The lowest BCUT2D eigenvalue weighted by Crippen LogP contribution is -2.49. The molecule has 0 radical (unpaired) electrons. The summed E-state index contributed by atoms with van der Waals surface area (Å²) in [5.74, 6) is -1.17. The smallest absolute Gasteiger partial charge is 0.326 e. The van der Waals surface area contributed by atoms with E-state index in [1.165, 1.54) is 0 Å². The Morgan fingerprint density at radius 1 is 1.37 bits per heavy atom. The third-order valence-corrected chi connectivity index (χ3v) is 5.70. The van der Waals surface area contributed by atoms with Gasteiger partial charge in [-0.25, -0.2) is 4.79 Å². The van der Waals surface area contributed by atoms with Crippen molar-refractivity contribution in [1.29, 1.82) is 0 Å². The Morgan fingerprint density at radius 3 is 2.80 bits per heavy atom. The second-order valence-electron chi connectivity index (χ2n) is 8.11. The molecule has 9 heteroatoms. The fourth-order valence-electron chi connectivity index (χ4n) is 3.96. The molecule has 0 bridgehead atoms. The van der Waals surface area contributed by atoms with Crippen LogP contribution in [-0.4, -0.2) is 65.2 Å². The van der Waals surface area contributed by atoms with Crippen LogP contribution in [0, 0.1) is 18.8 Å². The highest BCUT2D eigenvalue weighted by molar-refractivity contribution is 5.89. The molecular formula is C21H30N4O5. The van der Waals surface area contributed by atoms with E-state index in [2.05, 4.69) is 15.8 Å². The van der Waals surface area contributed by atoms with E-state index >= 15 is 0 Å². The molecule has 164 valence electrons. The Labute approximate surface area is 175 Å². The highest BCUT2D eigenvalue weighted by Crippen LogP contribution is 2.19. The molecule has 2 saturated heterocycles. The van der Waals surface area contributed by atoms with Crippen LogP contribution in [0.3, 0.4) is 0 Å². The van der Waals surface area contributed by atoms with Gasteiger partial charge in [-0.3, -0.25) is 9.59 Å². The molecule has 2 aliphatic heterocycles. The maximum atomic E-state index is 12.7. The van der Waals surface area contributed by atoms with Crippen LogP contribution in [0.5, 0.6) is 0 Å². The number of carbonyl (C=O) groups excluding carboxylic acids is 2. The number of likely N-dealkylation sites (tertiary alicyclic amines) is 1. The zero-order valence-corrected chi connectivity index (χ0v) is 17.3. The van der Waals surface area contributed by atoms with Crippen molar-refractivity contribution in [2.75, 3.05) is 26.2 Å². The van der Waals surface area contributed by atoms with Crippen LogP contribution in [0.2, 0.25) is 0 Å². The zero-order chi connectivity index (χ0) is 21.5. The van der Waals surface area contributed by atoms with E-state index in [-0.39, 0.29) is 18.2 Å². The number of carbonyl (C=O) groups is 3. The van der Waals surface area contributed by atoms with E-state index in [0.29, 0.717) is 43.3 Å². The molecule has 2 fully saturated rings. The first-order valence-corrected chi connectivity index (χ1v) is 10.6. The number of aromatic nitrogens is 1. The number of allylic oxidation sites excluding steroid dienone is 1. The fourth-order valence-corrected chi connectivity index (χ4v) is 3.96. The third-order valence-electron chi connectivity index (χ3n) is 5.70. The summed E-state index contributed by atoms with van der Waals surface area (Å²) in [5, 5.41) is 19.1. The Morgan fingerprint density at radius 2 is 2.13 bits per heavy atom. The van der Waals surface area contributed by atoms with E-state index < -0.39 is 17.9 Å². The van der Waals surface area contributed by atoms with Gasteiger partial charge in [-0.15, -0.1) is 0 Å². The van der Waals surface area contributed by atoms with Crippen molar-refractivity contribution in [3.63, 3.8) is 0 Å². The Hall–Kier alpha value is -2.68. The summed E-state index contributed by atoms with van der Waals surface area (Å²) in [6.45, 7) is 4.59. The quantitative estimate of drug-likeness (QED) is 0.562. The molecule has 1 aromatic heterocycles. The molecule has 0 spiro atoms. The van der Waals surface area contributed by atoms with Crippen molar-refractivity contribution in [3.05, 3.63) is 29.7 Å². The molecule has 2 amide bonds. The molecule has 9 nitrogen and oxygen atoms in total. The van der Waals surface area contributed by atoms with E-state index in [4.69, 9.17) is 4.52 Å². The van der Waals surface area contributed by atoms with Gasteiger partial charge in [0.05, 0.1) is 11.6 Å². The minimum atomic E-state index is -1.13.